The predicted molar refractivity (Wildman–Crippen MR) is 102 cm³/mol. The Hall–Kier alpha value is -3.60. The highest BCUT2D eigenvalue weighted by Crippen LogP contribution is 2.26. The highest BCUT2D eigenvalue weighted by molar-refractivity contribution is 5.99. The first-order chi connectivity index (χ1) is 13.0. The van der Waals surface area contributed by atoms with Crippen molar-refractivity contribution in [1.82, 2.24) is 15.3 Å². The minimum atomic E-state index is -0.281. The molecule has 0 saturated heterocycles. The third-order valence-corrected chi connectivity index (χ3v) is 3.64. The number of anilines is 3. The molecule has 0 spiro atoms. The van der Waals surface area contributed by atoms with Crippen LogP contribution in [0.25, 0.3) is 0 Å². The number of hydrogen-bond acceptors (Lipinski definition) is 7. The molecule has 1 aliphatic rings. The summed E-state index contributed by atoms with van der Waals surface area (Å²) in [5.41, 5.74) is 1.34. The number of carbonyl (C=O) groups excluding carboxylic acids is 1. The minimum Gasteiger partial charge on any atom is -0.489 e. The van der Waals surface area contributed by atoms with Gasteiger partial charge in [-0.3, -0.25) is 4.79 Å². The van der Waals surface area contributed by atoms with Crippen LogP contribution in [0.3, 0.4) is 0 Å². The monoisotopic (exact) mass is 364 g/mol. The van der Waals surface area contributed by atoms with Crippen molar-refractivity contribution in [3.05, 3.63) is 47.7 Å². The lowest BCUT2D eigenvalue weighted by Gasteiger charge is -2.14. The molecule has 2 aromatic rings. The van der Waals surface area contributed by atoms with Crippen molar-refractivity contribution in [2.45, 2.75) is 19.9 Å². The highest BCUT2D eigenvalue weighted by Gasteiger charge is 2.16. The zero-order valence-electron chi connectivity index (χ0n) is 15.1. The normalized spacial score (nSPS) is 14.1. The largest absolute Gasteiger partial charge is 0.489 e. The number of benzene rings is 1. The fraction of sp³-hybridized carbons (Fsp3) is 0.263. The summed E-state index contributed by atoms with van der Waals surface area (Å²) in [5.74, 6) is 1.00. The summed E-state index contributed by atoms with van der Waals surface area (Å²) >= 11 is 0. The standard InChI is InChI=1S/C19H20N6O2/c1-12(2)23-18(26)16-11-22-19-21-5-3-4-6-27-15-8-13(10-20)7-14(9-15)24-17(16)25-19/h3-4,7-9,11-12H,5-6H2,1-2H3,(H,23,26)(H2,21,22,24,25)/b4-3-. The second-order valence-corrected chi connectivity index (χ2v) is 6.23. The van der Waals surface area contributed by atoms with Crippen LogP contribution in [0.4, 0.5) is 17.5 Å². The SMILES string of the molecule is CC(C)NC(=O)c1cnc2nc1Nc1cc(C#N)cc(c1)OC/C=C\CN2. The first kappa shape index (κ1) is 18.2. The molecule has 0 aliphatic carbocycles. The molecule has 3 rings (SSSR count). The summed E-state index contributed by atoms with van der Waals surface area (Å²) in [6.07, 6.45) is 5.23. The Bertz CT molecular complexity index is 917. The maximum atomic E-state index is 12.5. The first-order valence-electron chi connectivity index (χ1n) is 8.57. The van der Waals surface area contributed by atoms with Crippen LogP contribution in [0.5, 0.6) is 5.75 Å². The van der Waals surface area contributed by atoms with Gasteiger partial charge in [0.05, 0.1) is 11.6 Å². The number of nitrogens with zero attached hydrogens (tertiary/aromatic N) is 3. The fourth-order valence-electron chi connectivity index (χ4n) is 2.47. The summed E-state index contributed by atoms with van der Waals surface area (Å²) in [6, 6.07) is 7.17. The lowest BCUT2D eigenvalue weighted by molar-refractivity contribution is 0.0943. The smallest absolute Gasteiger partial charge is 0.256 e. The van der Waals surface area contributed by atoms with Gasteiger partial charge >= 0.3 is 0 Å². The zero-order valence-corrected chi connectivity index (χ0v) is 15.1. The van der Waals surface area contributed by atoms with Crippen LogP contribution >= 0.6 is 0 Å². The molecule has 1 aliphatic heterocycles. The summed E-state index contributed by atoms with van der Waals surface area (Å²) in [6.45, 7) is 4.64. The van der Waals surface area contributed by atoms with Crippen LogP contribution < -0.4 is 20.7 Å². The number of carbonyl (C=O) groups is 1. The number of nitriles is 1. The molecule has 0 unspecified atom stereocenters. The minimum absolute atomic E-state index is 0.0238. The molecule has 3 N–H and O–H groups in total. The average Bonchev–Trinajstić information content (AvgIpc) is 2.64. The van der Waals surface area contributed by atoms with Crippen molar-refractivity contribution < 1.29 is 9.53 Å². The Labute approximate surface area is 157 Å². The fourth-order valence-corrected chi connectivity index (χ4v) is 2.47. The maximum Gasteiger partial charge on any atom is 0.256 e. The van der Waals surface area contributed by atoms with Gasteiger partial charge in [0.15, 0.2) is 0 Å². The number of aromatic nitrogens is 2. The molecule has 1 amide bonds. The molecule has 0 fully saturated rings. The van der Waals surface area contributed by atoms with Crippen molar-refractivity contribution >= 4 is 23.4 Å². The third-order valence-electron chi connectivity index (χ3n) is 3.64. The first-order valence-corrected chi connectivity index (χ1v) is 8.57. The van der Waals surface area contributed by atoms with Gasteiger partial charge in [-0.05, 0) is 32.1 Å². The van der Waals surface area contributed by atoms with Crippen LogP contribution in [-0.2, 0) is 0 Å². The van der Waals surface area contributed by atoms with E-state index in [1.165, 1.54) is 6.20 Å². The van der Waals surface area contributed by atoms with E-state index in [0.717, 1.165) is 0 Å². The van der Waals surface area contributed by atoms with Gasteiger partial charge in [0.2, 0.25) is 5.95 Å². The van der Waals surface area contributed by atoms with Crippen molar-refractivity contribution in [2.75, 3.05) is 23.8 Å². The summed E-state index contributed by atoms with van der Waals surface area (Å²) < 4.78 is 5.67. The Morgan fingerprint density at radius 3 is 2.96 bits per heavy atom. The zero-order chi connectivity index (χ0) is 19.2. The molecular formula is C19H20N6O2. The second kappa shape index (κ2) is 8.19. The molecule has 1 aromatic heterocycles. The Balaban J connectivity index is 2.05. The van der Waals surface area contributed by atoms with Gasteiger partial charge in [0.25, 0.3) is 5.91 Å². The van der Waals surface area contributed by atoms with Crippen molar-refractivity contribution in [2.24, 2.45) is 0 Å². The molecule has 0 saturated carbocycles. The van der Waals surface area contributed by atoms with E-state index in [0.29, 0.717) is 47.5 Å². The van der Waals surface area contributed by atoms with Gasteiger partial charge in [0, 0.05) is 30.5 Å². The number of amides is 1. The number of rotatable bonds is 2. The molecule has 2 heterocycles. The lowest BCUT2D eigenvalue weighted by atomic mass is 10.2. The van der Waals surface area contributed by atoms with E-state index in [4.69, 9.17) is 4.74 Å². The van der Waals surface area contributed by atoms with Gasteiger partial charge in [-0.1, -0.05) is 6.08 Å². The van der Waals surface area contributed by atoms with E-state index >= 15 is 0 Å². The van der Waals surface area contributed by atoms with Gasteiger partial charge in [-0.2, -0.15) is 10.2 Å². The maximum absolute atomic E-state index is 12.5. The molecule has 1 aromatic carbocycles. The van der Waals surface area contributed by atoms with Gasteiger partial charge < -0.3 is 20.7 Å². The lowest BCUT2D eigenvalue weighted by Crippen LogP contribution is -2.31. The number of hydrogen-bond donors (Lipinski definition) is 3. The van der Waals surface area contributed by atoms with Crippen LogP contribution in [0, 0.1) is 11.3 Å². The van der Waals surface area contributed by atoms with Crippen LogP contribution in [-0.4, -0.2) is 35.1 Å². The second-order valence-electron chi connectivity index (χ2n) is 6.23. The molecular weight excluding hydrogens is 344 g/mol. The quantitative estimate of drug-likeness (QED) is 0.702. The van der Waals surface area contributed by atoms with Crippen molar-refractivity contribution in [1.29, 1.82) is 5.26 Å². The summed E-state index contributed by atoms with van der Waals surface area (Å²) in [4.78, 5) is 21.1. The van der Waals surface area contributed by atoms with E-state index in [1.807, 2.05) is 26.0 Å². The highest BCUT2D eigenvalue weighted by atomic mass is 16.5. The molecule has 8 nitrogen and oxygen atoms in total. The van der Waals surface area contributed by atoms with Crippen molar-refractivity contribution in [3.63, 3.8) is 0 Å². The third kappa shape index (κ3) is 4.73. The van der Waals surface area contributed by atoms with E-state index in [9.17, 15) is 10.1 Å². The average molecular weight is 364 g/mol. The summed E-state index contributed by atoms with van der Waals surface area (Å²) in [7, 11) is 0. The topological polar surface area (TPSA) is 112 Å². The molecule has 8 heteroatoms. The molecule has 0 atom stereocenters. The Morgan fingerprint density at radius 2 is 2.19 bits per heavy atom. The number of fused-ring (bicyclic) bond motifs is 4. The number of ether oxygens (including phenoxy) is 1. The van der Waals surface area contributed by atoms with Gasteiger partial charge in [-0.25, -0.2) is 4.98 Å². The summed E-state index contributed by atoms with van der Waals surface area (Å²) in [5, 5.41) is 18.3. The van der Waals surface area contributed by atoms with Crippen LogP contribution in [0.1, 0.15) is 29.8 Å². The molecule has 138 valence electrons. The Kier molecular flexibility index (Phi) is 5.52. The molecule has 27 heavy (non-hydrogen) atoms. The van der Waals surface area contributed by atoms with Crippen LogP contribution in [0.15, 0.2) is 36.5 Å². The molecule has 0 radical (unpaired) electrons. The van der Waals surface area contributed by atoms with E-state index in [1.54, 1.807) is 18.2 Å². The number of nitrogens with one attached hydrogen (secondary N) is 3. The molecule has 4 bridgehead atoms. The van der Waals surface area contributed by atoms with E-state index < -0.39 is 0 Å². The van der Waals surface area contributed by atoms with Gasteiger partial charge in [-0.15, -0.1) is 0 Å². The van der Waals surface area contributed by atoms with E-state index in [-0.39, 0.29) is 11.9 Å². The van der Waals surface area contributed by atoms with Crippen molar-refractivity contribution in [3.8, 4) is 11.8 Å². The predicted octanol–water partition coefficient (Wildman–Crippen LogP) is 2.59. The Morgan fingerprint density at radius 1 is 1.33 bits per heavy atom. The van der Waals surface area contributed by atoms with E-state index in [2.05, 4.69) is 32.0 Å². The van der Waals surface area contributed by atoms with Crippen LogP contribution in [0.2, 0.25) is 0 Å². The van der Waals surface area contributed by atoms with Gasteiger partial charge in [0.1, 0.15) is 23.7 Å².